The third-order valence-electron chi connectivity index (χ3n) is 1.69. The number of amides is 1. The third kappa shape index (κ3) is 2.16. The molecular formula is C9H7FN4O. The molecule has 0 atom stereocenters. The lowest BCUT2D eigenvalue weighted by molar-refractivity contribution is 0.253. The fourth-order valence-corrected chi connectivity index (χ4v) is 1.03. The Balaban J connectivity index is 2.13. The maximum atomic E-state index is 12.7. The molecule has 0 aromatic carbocycles. The largest absolute Gasteiger partial charge is 0.332 e. The van der Waals surface area contributed by atoms with E-state index in [4.69, 9.17) is 0 Å². The smallest absolute Gasteiger partial charge is 0.291 e. The van der Waals surface area contributed by atoms with Crippen molar-refractivity contribution in [1.82, 2.24) is 14.5 Å². The van der Waals surface area contributed by atoms with Crippen LogP contribution in [0.15, 0.2) is 36.9 Å². The number of nitrogens with zero attached hydrogens (tertiary/aromatic N) is 3. The topological polar surface area (TPSA) is 59.8 Å². The summed E-state index contributed by atoms with van der Waals surface area (Å²) in [6.45, 7) is 0. The van der Waals surface area contributed by atoms with Gasteiger partial charge < -0.3 is 0 Å². The van der Waals surface area contributed by atoms with Gasteiger partial charge in [-0.1, -0.05) is 6.07 Å². The zero-order valence-electron chi connectivity index (χ0n) is 7.59. The van der Waals surface area contributed by atoms with Crippen molar-refractivity contribution in [2.24, 2.45) is 0 Å². The standard InChI is InChI=1S/C9H7FN4O/c10-7-2-1-3-8(12-7)13-9(15)14-5-4-11-6-14/h1-6H,(H,12,13,15). The molecule has 0 aliphatic carbocycles. The Morgan fingerprint density at radius 2 is 2.33 bits per heavy atom. The van der Waals surface area contributed by atoms with Crippen LogP contribution >= 0.6 is 0 Å². The van der Waals surface area contributed by atoms with Gasteiger partial charge in [0.25, 0.3) is 0 Å². The van der Waals surface area contributed by atoms with Gasteiger partial charge in [-0.05, 0) is 12.1 Å². The molecule has 76 valence electrons. The molecule has 6 heteroatoms. The molecule has 0 unspecified atom stereocenters. The van der Waals surface area contributed by atoms with E-state index in [1.54, 1.807) is 0 Å². The molecule has 2 aromatic heterocycles. The Bertz CT molecular complexity index is 469. The second kappa shape index (κ2) is 3.87. The lowest BCUT2D eigenvalue weighted by Crippen LogP contribution is -2.18. The van der Waals surface area contributed by atoms with Gasteiger partial charge in [-0.15, -0.1) is 0 Å². The van der Waals surface area contributed by atoms with Crippen molar-refractivity contribution in [2.75, 3.05) is 5.32 Å². The van der Waals surface area contributed by atoms with Crippen molar-refractivity contribution in [3.63, 3.8) is 0 Å². The minimum atomic E-state index is -0.640. The summed E-state index contributed by atoms with van der Waals surface area (Å²) in [4.78, 5) is 18.6. The fraction of sp³-hybridized carbons (Fsp3) is 0. The molecule has 5 nitrogen and oxygen atoms in total. The molecule has 0 fully saturated rings. The normalized spacial score (nSPS) is 9.93. The minimum Gasteiger partial charge on any atom is -0.291 e. The zero-order chi connectivity index (χ0) is 10.7. The molecule has 2 heterocycles. The van der Waals surface area contributed by atoms with Crippen LogP contribution in [0.1, 0.15) is 0 Å². The van der Waals surface area contributed by atoms with Gasteiger partial charge in [-0.2, -0.15) is 4.39 Å². The Morgan fingerprint density at radius 1 is 1.47 bits per heavy atom. The summed E-state index contributed by atoms with van der Waals surface area (Å²) in [6, 6.07) is 3.72. The third-order valence-corrected chi connectivity index (χ3v) is 1.69. The van der Waals surface area contributed by atoms with Gasteiger partial charge in [-0.3, -0.25) is 9.88 Å². The van der Waals surface area contributed by atoms with E-state index in [0.29, 0.717) is 0 Å². The quantitative estimate of drug-likeness (QED) is 0.719. The van der Waals surface area contributed by atoms with Gasteiger partial charge >= 0.3 is 6.03 Å². The summed E-state index contributed by atoms with van der Waals surface area (Å²) in [5, 5.41) is 2.42. The molecule has 0 aliphatic rings. The van der Waals surface area contributed by atoms with Crippen LogP contribution in [0.3, 0.4) is 0 Å². The van der Waals surface area contributed by atoms with E-state index in [0.717, 1.165) is 0 Å². The van der Waals surface area contributed by atoms with E-state index < -0.39 is 12.0 Å². The summed E-state index contributed by atoms with van der Waals surface area (Å²) < 4.78 is 13.9. The molecule has 15 heavy (non-hydrogen) atoms. The number of halogens is 1. The molecule has 2 aromatic rings. The van der Waals surface area contributed by atoms with E-state index >= 15 is 0 Å². The van der Waals surface area contributed by atoms with Gasteiger partial charge in [0.15, 0.2) is 0 Å². The van der Waals surface area contributed by atoms with E-state index in [-0.39, 0.29) is 5.82 Å². The highest BCUT2D eigenvalue weighted by Crippen LogP contribution is 2.03. The number of rotatable bonds is 1. The highest BCUT2D eigenvalue weighted by atomic mass is 19.1. The lowest BCUT2D eigenvalue weighted by Gasteiger charge is -2.03. The predicted octanol–water partition coefficient (Wildman–Crippen LogP) is 1.50. The summed E-state index contributed by atoms with van der Waals surface area (Å²) in [6.07, 6.45) is 4.29. The maximum absolute atomic E-state index is 12.7. The monoisotopic (exact) mass is 206 g/mol. The number of aromatic nitrogens is 3. The lowest BCUT2D eigenvalue weighted by atomic mass is 10.4. The number of pyridine rings is 1. The van der Waals surface area contributed by atoms with E-state index in [2.05, 4.69) is 15.3 Å². The van der Waals surface area contributed by atoms with Gasteiger partial charge in [0.1, 0.15) is 12.1 Å². The molecule has 0 radical (unpaired) electrons. The van der Waals surface area contributed by atoms with Gasteiger partial charge in [0.05, 0.1) is 0 Å². The SMILES string of the molecule is O=C(Nc1cccc(F)n1)n1ccnc1. The minimum absolute atomic E-state index is 0.161. The van der Waals surface area contributed by atoms with Crippen molar-refractivity contribution in [3.05, 3.63) is 42.9 Å². The van der Waals surface area contributed by atoms with Crippen LogP contribution in [0.5, 0.6) is 0 Å². The van der Waals surface area contributed by atoms with Crippen LogP contribution in [0.25, 0.3) is 0 Å². The van der Waals surface area contributed by atoms with Crippen molar-refractivity contribution in [1.29, 1.82) is 0 Å². The average molecular weight is 206 g/mol. The number of nitrogens with one attached hydrogen (secondary N) is 1. The van der Waals surface area contributed by atoms with E-state index in [9.17, 15) is 9.18 Å². The summed E-state index contributed by atoms with van der Waals surface area (Å²) in [7, 11) is 0. The predicted molar refractivity (Wildman–Crippen MR) is 50.8 cm³/mol. The van der Waals surface area contributed by atoms with Gasteiger partial charge in [-0.25, -0.2) is 14.8 Å². The van der Waals surface area contributed by atoms with E-state index in [1.165, 1.54) is 41.5 Å². The summed E-state index contributed by atoms with van der Waals surface area (Å²) in [5.74, 6) is -0.480. The van der Waals surface area contributed by atoms with Crippen LogP contribution in [0.2, 0.25) is 0 Å². The number of anilines is 1. The second-order valence-electron chi connectivity index (χ2n) is 2.75. The van der Waals surface area contributed by atoms with Crippen LogP contribution in [0, 0.1) is 5.95 Å². The average Bonchev–Trinajstić information content (AvgIpc) is 2.70. The summed E-state index contributed by atoms with van der Waals surface area (Å²) >= 11 is 0. The number of imidazole rings is 1. The zero-order valence-corrected chi connectivity index (χ0v) is 7.59. The molecule has 2 rings (SSSR count). The van der Waals surface area contributed by atoms with Crippen molar-refractivity contribution in [3.8, 4) is 0 Å². The van der Waals surface area contributed by atoms with Crippen LogP contribution < -0.4 is 5.32 Å². The van der Waals surface area contributed by atoms with Crippen molar-refractivity contribution < 1.29 is 9.18 Å². The number of carbonyl (C=O) groups is 1. The fourth-order valence-electron chi connectivity index (χ4n) is 1.03. The molecule has 0 bridgehead atoms. The second-order valence-corrected chi connectivity index (χ2v) is 2.75. The van der Waals surface area contributed by atoms with Crippen LogP contribution in [-0.2, 0) is 0 Å². The number of carbonyl (C=O) groups excluding carboxylic acids is 1. The van der Waals surface area contributed by atoms with Gasteiger partial charge in [0.2, 0.25) is 5.95 Å². The van der Waals surface area contributed by atoms with E-state index in [1.807, 2.05) is 0 Å². The van der Waals surface area contributed by atoms with Crippen molar-refractivity contribution in [2.45, 2.75) is 0 Å². The summed E-state index contributed by atoms with van der Waals surface area (Å²) in [5.41, 5.74) is 0. The molecule has 1 amide bonds. The highest BCUT2D eigenvalue weighted by molar-refractivity contribution is 5.89. The van der Waals surface area contributed by atoms with Gasteiger partial charge in [0, 0.05) is 12.4 Å². The molecule has 0 saturated heterocycles. The number of hydrogen-bond acceptors (Lipinski definition) is 3. The molecule has 0 saturated carbocycles. The Hall–Kier alpha value is -2.24. The number of hydrogen-bond donors (Lipinski definition) is 1. The van der Waals surface area contributed by atoms with Crippen LogP contribution in [0.4, 0.5) is 15.0 Å². The maximum Gasteiger partial charge on any atom is 0.332 e. The first kappa shape index (κ1) is 9.32. The first-order valence-corrected chi connectivity index (χ1v) is 4.17. The first-order valence-electron chi connectivity index (χ1n) is 4.17. The Labute approximate surface area is 84.6 Å². The molecular weight excluding hydrogens is 199 g/mol. The Kier molecular flexibility index (Phi) is 2.40. The molecule has 1 N–H and O–H groups in total. The molecule has 0 spiro atoms. The Morgan fingerprint density at radius 3 is 3.00 bits per heavy atom. The molecule has 0 aliphatic heterocycles. The first-order chi connectivity index (χ1) is 7.25. The van der Waals surface area contributed by atoms with Crippen LogP contribution in [-0.4, -0.2) is 20.6 Å². The highest BCUT2D eigenvalue weighted by Gasteiger charge is 2.04. The van der Waals surface area contributed by atoms with Crippen molar-refractivity contribution >= 4 is 11.8 Å².